The Bertz CT molecular complexity index is 1360. The van der Waals surface area contributed by atoms with Crippen molar-refractivity contribution in [3.63, 3.8) is 0 Å². The molecular formula is C25H23N7. The summed E-state index contributed by atoms with van der Waals surface area (Å²) in [6.45, 7) is 1.80. The number of rotatable bonds is 2. The molecule has 1 atom stereocenters. The number of hydrogen-bond acceptors (Lipinski definition) is 6. The third-order valence-corrected chi connectivity index (χ3v) is 7.19. The van der Waals surface area contributed by atoms with Crippen LogP contribution in [0.1, 0.15) is 35.7 Å². The average molecular weight is 422 g/mol. The molecule has 1 fully saturated rings. The summed E-state index contributed by atoms with van der Waals surface area (Å²) in [4.78, 5) is 16.3. The molecule has 7 nitrogen and oxygen atoms in total. The van der Waals surface area contributed by atoms with E-state index in [2.05, 4.69) is 31.4 Å². The van der Waals surface area contributed by atoms with Gasteiger partial charge in [-0.1, -0.05) is 18.2 Å². The number of pyridine rings is 1. The number of piperidine rings is 1. The second-order valence-corrected chi connectivity index (χ2v) is 8.82. The second kappa shape index (κ2) is 7.14. The molecule has 1 aliphatic heterocycles. The highest BCUT2D eigenvalue weighted by Crippen LogP contribution is 2.50. The van der Waals surface area contributed by atoms with Crippen molar-refractivity contribution in [1.29, 1.82) is 5.26 Å². The van der Waals surface area contributed by atoms with E-state index in [4.69, 9.17) is 10.7 Å². The Morgan fingerprint density at radius 2 is 1.94 bits per heavy atom. The number of aromatic nitrogens is 4. The molecule has 0 bridgehead atoms. The van der Waals surface area contributed by atoms with E-state index in [1.54, 1.807) is 6.07 Å². The van der Waals surface area contributed by atoms with Gasteiger partial charge in [0.05, 0.1) is 17.8 Å². The SMILES string of the molecule is N#Cc1cccc(-c2ncc3c(N4CCC5(CC4)Cc4ncccc4[C@H]5N)nccn23)c1. The lowest BCUT2D eigenvalue weighted by molar-refractivity contribution is 0.187. The van der Waals surface area contributed by atoms with E-state index in [1.807, 2.05) is 49.1 Å². The minimum atomic E-state index is 0.0473. The molecule has 4 aromatic rings. The van der Waals surface area contributed by atoms with Crippen molar-refractivity contribution in [2.45, 2.75) is 25.3 Å². The van der Waals surface area contributed by atoms with Crippen molar-refractivity contribution < 1.29 is 0 Å². The molecule has 1 spiro atoms. The molecule has 32 heavy (non-hydrogen) atoms. The topological polar surface area (TPSA) is 96.1 Å². The molecule has 0 radical (unpaired) electrons. The van der Waals surface area contributed by atoms with E-state index in [0.29, 0.717) is 5.56 Å². The fraction of sp³-hybridized carbons (Fsp3) is 0.280. The summed E-state index contributed by atoms with van der Waals surface area (Å²) in [5, 5.41) is 9.24. The van der Waals surface area contributed by atoms with Gasteiger partial charge in [0.2, 0.25) is 0 Å². The third-order valence-electron chi connectivity index (χ3n) is 7.19. The molecule has 1 aliphatic carbocycles. The van der Waals surface area contributed by atoms with Crippen molar-refractivity contribution in [1.82, 2.24) is 19.4 Å². The van der Waals surface area contributed by atoms with Crippen molar-refractivity contribution in [2.75, 3.05) is 18.0 Å². The Labute approximate surface area is 186 Å². The maximum absolute atomic E-state index is 9.24. The Hall–Kier alpha value is -3.76. The maximum Gasteiger partial charge on any atom is 0.154 e. The van der Waals surface area contributed by atoms with Gasteiger partial charge in [0, 0.05) is 49.0 Å². The second-order valence-electron chi connectivity index (χ2n) is 8.82. The first-order valence-corrected chi connectivity index (χ1v) is 11.0. The average Bonchev–Trinajstić information content (AvgIpc) is 3.39. The molecule has 1 saturated heterocycles. The predicted molar refractivity (Wildman–Crippen MR) is 122 cm³/mol. The van der Waals surface area contributed by atoms with Crippen LogP contribution in [-0.2, 0) is 6.42 Å². The first-order chi connectivity index (χ1) is 15.7. The Morgan fingerprint density at radius 1 is 1.06 bits per heavy atom. The lowest BCUT2D eigenvalue weighted by atomic mass is 9.73. The number of anilines is 1. The largest absolute Gasteiger partial charge is 0.355 e. The molecule has 0 amide bonds. The molecular weight excluding hydrogens is 398 g/mol. The minimum Gasteiger partial charge on any atom is -0.355 e. The van der Waals surface area contributed by atoms with Gasteiger partial charge in [-0.25, -0.2) is 9.97 Å². The summed E-state index contributed by atoms with van der Waals surface area (Å²) < 4.78 is 2.06. The lowest BCUT2D eigenvalue weighted by Gasteiger charge is -2.42. The van der Waals surface area contributed by atoms with E-state index in [-0.39, 0.29) is 11.5 Å². The van der Waals surface area contributed by atoms with Crippen LogP contribution in [0.15, 0.2) is 61.2 Å². The number of imidazole rings is 1. The summed E-state index contributed by atoms with van der Waals surface area (Å²) in [5.41, 5.74) is 11.7. The molecule has 6 rings (SSSR count). The maximum atomic E-state index is 9.24. The van der Waals surface area contributed by atoms with E-state index >= 15 is 0 Å². The molecule has 0 saturated carbocycles. The lowest BCUT2D eigenvalue weighted by Crippen LogP contribution is -2.44. The van der Waals surface area contributed by atoms with E-state index < -0.39 is 0 Å². The zero-order chi connectivity index (χ0) is 21.7. The molecule has 3 aromatic heterocycles. The summed E-state index contributed by atoms with van der Waals surface area (Å²) in [7, 11) is 0. The van der Waals surface area contributed by atoms with Crippen LogP contribution in [0.5, 0.6) is 0 Å². The highest BCUT2D eigenvalue weighted by atomic mass is 15.2. The van der Waals surface area contributed by atoms with Gasteiger partial charge in [-0.05, 0) is 48.4 Å². The van der Waals surface area contributed by atoms with E-state index in [9.17, 15) is 5.26 Å². The number of nitriles is 1. The van der Waals surface area contributed by atoms with Gasteiger partial charge in [-0.15, -0.1) is 0 Å². The number of fused-ring (bicyclic) bond motifs is 2. The highest BCUT2D eigenvalue weighted by molar-refractivity contribution is 5.73. The Balaban J connectivity index is 1.29. The van der Waals surface area contributed by atoms with Crippen LogP contribution in [0, 0.1) is 16.7 Å². The van der Waals surface area contributed by atoms with Gasteiger partial charge in [0.1, 0.15) is 11.3 Å². The number of hydrogen-bond donors (Lipinski definition) is 1. The molecule has 2 N–H and O–H groups in total. The monoisotopic (exact) mass is 421 g/mol. The van der Waals surface area contributed by atoms with Gasteiger partial charge < -0.3 is 10.6 Å². The van der Waals surface area contributed by atoms with Crippen molar-refractivity contribution >= 4 is 11.3 Å². The molecule has 2 aliphatic rings. The molecule has 158 valence electrons. The van der Waals surface area contributed by atoms with Crippen molar-refractivity contribution in [2.24, 2.45) is 11.1 Å². The van der Waals surface area contributed by atoms with Gasteiger partial charge in [0.15, 0.2) is 5.82 Å². The fourth-order valence-electron chi connectivity index (χ4n) is 5.41. The minimum absolute atomic E-state index is 0.0473. The standard InChI is InChI=1S/C25H23N7/c26-15-17-3-1-4-18(13-17)23-30-16-21-24(29-9-12-32(21)23)31-10-6-25(7-11-31)14-20-19(22(25)27)5-2-8-28-20/h1-5,8-9,12-13,16,22H,6-7,10-11,14,27H2/t22-/m1/s1. The zero-order valence-corrected chi connectivity index (χ0v) is 17.6. The van der Waals surface area contributed by atoms with Crippen LogP contribution in [0.3, 0.4) is 0 Å². The fourth-order valence-corrected chi connectivity index (χ4v) is 5.41. The third kappa shape index (κ3) is 2.80. The molecule has 0 unspecified atom stereocenters. The van der Waals surface area contributed by atoms with Gasteiger partial charge >= 0.3 is 0 Å². The van der Waals surface area contributed by atoms with E-state index in [0.717, 1.165) is 60.8 Å². The van der Waals surface area contributed by atoms with Gasteiger partial charge in [0.25, 0.3) is 0 Å². The summed E-state index contributed by atoms with van der Waals surface area (Å²) >= 11 is 0. The number of nitrogens with zero attached hydrogens (tertiary/aromatic N) is 6. The highest BCUT2D eigenvalue weighted by Gasteiger charge is 2.46. The summed E-state index contributed by atoms with van der Waals surface area (Å²) in [6.07, 6.45) is 10.5. The van der Waals surface area contributed by atoms with Crippen molar-refractivity contribution in [3.8, 4) is 17.5 Å². The smallest absolute Gasteiger partial charge is 0.154 e. The molecule has 4 heterocycles. The van der Waals surface area contributed by atoms with Crippen molar-refractivity contribution in [3.05, 3.63) is 78.0 Å². The quantitative estimate of drug-likeness (QED) is 0.532. The Kier molecular flexibility index (Phi) is 4.23. The first-order valence-electron chi connectivity index (χ1n) is 11.0. The van der Waals surface area contributed by atoms with E-state index in [1.165, 1.54) is 5.56 Å². The first kappa shape index (κ1) is 19.0. The summed E-state index contributed by atoms with van der Waals surface area (Å²) in [6, 6.07) is 13.9. The van der Waals surface area contributed by atoms with Gasteiger partial charge in [-0.2, -0.15) is 5.26 Å². The van der Waals surface area contributed by atoms with Crippen LogP contribution in [0.25, 0.3) is 16.9 Å². The van der Waals surface area contributed by atoms with Crippen LogP contribution in [0.2, 0.25) is 0 Å². The van der Waals surface area contributed by atoms with Crippen LogP contribution >= 0.6 is 0 Å². The Morgan fingerprint density at radius 3 is 2.75 bits per heavy atom. The van der Waals surface area contributed by atoms with Crippen LogP contribution in [0.4, 0.5) is 5.82 Å². The molecule has 1 aromatic carbocycles. The normalized spacial score (nSPS) is 19.2. The number of nitrogens with two attached hydrogens (primary N) is 1. The zero-order valence-electron chi connectivity index (χ0n) is 17.6. The number of benzene rings is 1. The van der Waals surface area contributed by atoms with Gasteiger partial charge in [-0.3, -0.25) is 9.38 Å². The molecule has 7 heteroatoms. The van der Waals surface area contributed by atoms with Crippen LogP contribution in [-0.4, -0.2) is 32.4 Å². The van der Waals surface area contributed by atoms with Crippen LogP contribution < -0.4 is 10.6 Å². The predicted octanol–water partition coefficient (Wildman–Crippen LogP) is 3.51. The summed E-state index contributed by atoms with van der Waals surface area (Å²) in [5.74, 6) is 1.76.